The molecule has 2 heterocycles. The van der Waals surface area contributed by atoms with Gasteiger partial charge in [0.05, 0.1) is 11.4 Å². The number of hydrogen-bond acceptors (Lipinski definition) is 7. The molecule has 2 aromatic heterocycles. The SMILES string of the molecule is CCc1ccc(-c2csc(NC(Nc3nc(-c4ccc(CC)cc4)cs3)c3ccccc3O)n2)cc1. The monoisotopic (exact) mass is 512 g/mol. The number of rotatable bonds is 9. The molecule has 0 spiro atoms. The van der Waals surface area contributed by atoms with Crippen LogP contribution in [0.3, 0.4) is 0 Å². The van der Waals surface area contributed by atoms with Crippen molar-refractivity contribution in [3.63, 3.8) is 0 Å². The molecule has 0 fully saturated rings. The van der Waals surface area contributed by atoms with Crippen LogP contribution >= 0.6 is 22.7 Å². The van der Waals surface area contributed by atoms with Gasteiger partial charge < -0.3 is 15.7 Å². The highest BCUT2D eigenvalue weighted by molar-refractivity contribution is 7.14. The molecule has 0 saturated heterocycles. The molecule has 0 saturated carbocycles. The molecule has 36 heavy (non-hydrogen) atoms. The summed E-state index contributed by atoms with van der Waals surface area (Å²) in [6.07, 6.45) is 1.62. The minimum Gasteiger partial charge on any atom is -0.508 e. The van der Waals surface area contributed by atoms with Crippen molar-refractivity contribution in [3.05, 3.63) is 100 Å². The highest BCUT2D eigenvalue weighted by Crippen LogP contribution is 2.33. The van der Waals surface area contributed by atoms with Crippen LogP contribution in [-0.2, 0) is 12.8 Å². The van der Waals surface area contributed by atoms with Gasteiger partial charge in [0.2, 0.25) is 0 Å². The van der Waals surface area contributed by atoms with Gasteiger partial charge in [-0.3, -0.25) is 0 Å². The number of phenols is 1. The Morgan fingerprint density at radius 1 is 0.694 bits per heavy atom. The van der Waals surface area contributed by atoms with Crippen LogP contribution in [0.15, 0.2) is 83.6 Å². The van der Waals surface area contributed by atoms with E-state index in [1.807, 2.05) is 29.0 Å². The zero-order valence-electron chi connectivity index (χ0n) is 20.2. The molecule has 0 bridgehead atoms. The van der Waals surface area contributed by atoms with E-state index >= 15 is 0 Å². The summed E-state index contributed by atoms with van der Waals surface area (Å²) in [7, 11) is 0. The van der Waals surface area contributed by atoms with Gasteiger partial charge in [-0.2, -0.15) is 0 Å². The maximum Gasteiger partial charge on any atom is 0.185 e. The number of para-hydroxylation sites is 1. The minimum absolute atomic E-state index is 0.210. The average Bonchev–Trinajstić information content (AvgIpc) is 3.59. The number of hydrogen-bond donors (Lipinski definition) is 3. The molecule has 0 aliphatic carbocycles. The first-order valence-electron chi connectivity index (χ1n) is 12.0. The van der Waals surface area contributed by atoms with Crippen LogP contribution in [0, 0.1) is 0 Å². The van der Waals surface area contributed by atoms with Crippen molar-refractivity contribution in [2.24, 2.45) is 0 Å². The summed E-state index contributed by atoms with van der Waals surface area (Å²) in [5.74, 6) is 0.210. The number of nitrogens with one attached hydrogen (secondary N) is 2. The van der Waals surface area contributed by atoms with E-state index in [1.54, 1.807) is 6.07 Å². The molecule has 0 radical (unpaired) electrons. The molecule has 0 unspecified atom stereocenters. The lowest BCUT2D eigenvalue weighted by Crippen LogP contribution is -2.20. The number of phenolic OH excluding ortho intramolecular Hbond substituents is 1. The Morgan fingerprint density at radius 3 is 1.61 bits per heavy atom. The lowest BCUT2D eigenvalue weighted by atomic mass is 10.1. The zero-order valence-corrected chi connectivity index (χ0v) is 21.9. The largest absolute Gasteiger partial charge is 0.508 e. The molecular formula is C29H28N4OS2. The van der Waals surface area contributed by atoms with E-state index in [2.05, 4.69) is 73.0 Å². The molecule has 0 amide bonds. The fourth-order valence-electron chi connectivity index (χ4n) is 3.94. The minimum atomic E-state index is -0.408. The number of anilines is 2. The van der Waals surface area contributed by atoms with Gasteiger partial charge in [-0.1, -0.05) is 80.6 Å². The van der Waals surface area contributed by atoms with Crippen LogP contribution in [0.4, 0.5) is 10.3 Å². The number of aromatic nitrogens is 2. The first kappa shape index (κ1) is 24.0. The van der Waals surface area contributed by atoms with Gasteiger partial charge in [0.15, 0.2) is 10.3 Å². The second-order valence-electron chi connectivity index (χ2n) is 8.46. The van der Waals surface area contributed by atoms with Crippen LogP contribution < -0.4 is 10.6 Å². The molecule has 0 atom stereocenters. The van der Waals surface area contributed by atoms with E-state index in [0.29, 0.717) is 0 Å². The number of benzene rings is 3. The van der Waals surface area contributed by atoms with E-state index in [9.17, 15) is 5.11 Å². The quantitative estimate of drug-likeness (QED) is 0.175. The van der Waals surface area contributed by atoms with Gasteiger partial charge >= 0.3 is 0 Å². The first-order chi connectivity index (χ1) is 17.6. The van der Waals surface area contributed by atoms with Crippen LogP contribution in [0.25, 0.3) is 22.5 Å². The second kappa shape index (κ2) is 10.9. The van der Waals surface area contributed by atoms with E-state index < -0.39 is 6.17 Å². The Kier molecular flexibility index (Phi) is 7.30. The van der Waals surface area contributed by atoms with Gasteiger partial charge in [0.1, 0.15) is 11.9 Å². The number of aromatic hydroxyl groups is 1. The summed E-state index contributed by atoms with van der Waals surface area (Å²) in [5.41, 5.74) is 7.36. The molecule has 5 nitrogen and oxygen atoms in total. The smallest absolute Gasteiger partial charge is 0.185 e. The molecule has 5 aromatic rings. The predicted molar refractivity (Wildman–Crippen MR) is 152 cm³/mol. The van der Waals surface area contributed by atoms with Gasteiger partial charge in [-0.05, 0) is 30.0 Å². The summed E-state index contributed by atoms with van der Waals surface area (Å²) in [6.45, 7) is 4.30. The van der Waals surface area contributed by atoms with Gasteiger partial charge in [0, 0.05) is 27.5 Å². The average molecular weight is 513 g/mol. The molecule has 3 N–H and O–H groups in total. The number of thiazole rings is 2. The zero-order chi connectivity index (χ0) is 24.9. The Hall–Kier alpha value is -3.68. The fraction of sp³-hybridized carbons (Fsp3) is 0.172. The normalized spacial score (nSPS) is 11.1. The first-order valence-corrected chi connectivity index (χ1v) is 13.8. The second-order valence-corrected chi connectivity index (χ2v) is 10.2. The van der Waals surface area contributed by atoms with Crippen LogP contribution in [-0.4, -0.2) is 15.1 Å². The number of nitrogens with zero attached hydrogens (tertiary/aromatic N) is 2. The van der Waals surface area contributed by atoms with Crippen LogP contribution in [0.2, 0.25) is 0 Å². The Bertz CT molecular complexity index is 1340. The standard InChI is InChI=1S/C29H28N4OS2/c1-3-19-9-13-21(14-10-19)24-17-35-28(30-24)32-27(23-7-5-6-8-26(23)34)33-29-31-25(18-36-29)22-15-11-20(4-2)12-16-22/h5-18,27,34H,3-4H2,1-2H3,(H,30,32)(H,31,33). The Balaban J connectivity index is 1.38. The van der Waals surface area contributed by atoms with Crippen LogP contribution in [0.1, 0.15) is 36.7 Å². The predicted octanol–water partition coefficient (Wildman–Crippen LogP) is 7.99. The highest BCUT2D eigenvalue weighted by atomic mass is 32.1. The summed E-state index contributed by atoms with van der Waals surface area (Å²) in [4.78, 5) is 9.62. The van der Waals surface area contributed by atoms with Crippen molar-refractivity contribution < 1.29 is 5.11 Å². The molecule has 0 aliphatic heterocycles. The number of aryl methyl sites for hydroxylation is 2. The summed E-state index contributed by atoms with van der Waals surface area (Å²) < 4.78 is 0. The Labute approximate surface area is 219 Å². The lowest BCUT2D eigenvalue weighted by Gasteiger charge is -2.20. The van der Waals surface area contributed by atoms with Crippen molar-refractivity contribution in [1.29, 1.82) is 0 Å². The molecule has 3 aromatic carbocycles. The van der Waals surface area contributed by atoms with Crippen LogP contribution in [0.5, 0.6) is 5.75 Å². The van der Waals surface area contributed by atoms with Crippen molar-refractivity contribution in [2.45, 2.75) is 32.9 Å². The summed E-state index contributed by atoms with van der Waals surface area (Å²) in [6, 6.07) is 24.3. The lowest BCUT2D eigenvalue weighted by molar-refractivity contribution is 0.466. The molecule has 7 heteroatoms. The maximum absolute atomic E-state index is 10.6. The van der Waals surface area contributed by atoms with Gasteiger partial charge in [0.25, 0.3) is 0 Å². The van der Waals surface area contributed by atoms with Crippen molar-refractivity contribution in [2.75, 3.05) is 10.6 Å². The van der Waals surface area contributed by atoms with Gasteiger partial charge in [-0.15, -0.1) is 22.7 Å². The Morgan fingerprint density at radius 2 is 1.17 bits per heavy atom. The fourth-order valence-corrected chi connectivity index (χ4v) is 5.44. The third-order valence-corrected chi connectivity index (χ3v) is 7.65. The van der Waals surface area contributed by atoms with Gasteiger partial charge in [-0.25, -0.2) is 9.97 Å². The van der Waals surface area contributed by atoms with Crippen molar-refractivity contribution >= 4 is 32.9 Å². The maximum atomic E-state index is 10.6. The van der Waals surface area contributed by atoms with E-state index in [-0.39, 0.29) is 5.75 Å². The molecular weight excluding hydrogens is 484 g/mol. The molecule has 0 aliphatic rings. The topological polar surface area (TPSA) is 70.1 Å². The van der Waals surface area contributed by atoms with Crippen molar-refractivity contribution in [3.8, 4) is 28.3 Å². The van der Waals surface area contributed by atoms with E-state index in [0.717, 1.165) is 51.2 Å². The third kappa shape index (κ3) is 5.42. The van der Waals surface area contributed by atoms with Crippen molar-refractivity contribution in [1.82, 2.24) is 9.97 Å². The summed E-state index contributed by atoms with van der Waals surface area (Å²) >= 11 is 3.08. The third-order valence-electron chi connectivity index (χ3n) is 6.11. The highest BCUT2D eigenvalue weighted by Gasteiger charge is 2.19. The molecule has 182 valence electrons. The van der Waals surface area contributed by atoms with E-state index in [1.165, 1.54) is 33.8 Å². The van der Waals surface area contributed by atoms with E-state index in [4.69, 9.17) is 9.97 Å². The summed E-state index contributed by atoms with van der Waals surface area (Å²) in [5, 5.41) is 23.1. The molecule has 5 rings (SSSR count).